The van der Waals surface area contributed by atoms with Gasteiger partial charge >= 0.3 is 0 Å². The lowest BCUT2D eigenvalue weighted by atomic mass is 9.93. The predicted molar refractivity (Wildman–Crippen MR) is 83.0 cm³/mol. The first-order valence-corrected chi connectivity index (χ1v) is 7.53. The Morgan fingerprint density at radius 2 is 2.15 bits per heavy atom. The fourth-order valence-electron chi connectivity index (χ4n) is 3.47. The minimum Gasteiger partial charge on any atom is -0.508 e. The number of rotatable bonds is 3. The largest absolute Gasteiger partial charge is 0.508 e. The molecule has 0 spiro atoms. The molecule has 0 saturated heterocycles. The summed E-state index contributed by atoms with van der Waals surface area (Å²) in [5.41, 5.74) is 0. The first-order valence-electron chi connectivity index (χ1n) is 7.53. The highest BCUT2D eigenvalue weighted by molar-refractivity contribution is 5.92. The molecule has 1 aromatic heterocycles. The van der Waals surface area contributed by atoms with E-state index in [2.05, 4.69) is 24.1 Å². The third kappa shape index (κ3) is 2.33. The minimum atomic E-state index is 0.291. The summed E-state index contributed by atoms with van der Waals surface area (Å²) in [4.78, 5) is 4.47. The van der Waals surface area contributed by atoms with Crippen LogP contribution in [0.4, 0.5) is 5.82 Å². The van der Waals surface area contributed by atoms with Gasteiger partial charge in [0.15, 0.2) is 0 Å². The van der Waals surface area contributed by atoms with Crippen molar-refractivity contribution in [3.05, 3.63) is 30.5 Å². The van der Waals surface area contributed by atoms with E-state index >= 15 is 0 Å². The molecule has 1 saturated carbocycles. The average molecular weight is 270 g/mol. The van der Waals surface area contributed by atoms with Gasteiger partial charge in [0.05, 0.1) is 0 Å². The lowest BCUT2D eigenvalue weighted by Gasteiger charge is -2.22. The fourth-order valence-corrected chi connectivity index (χ4v) is 3.47. The molecular formula is C17H22N2O. The van der Waals surface area contributed by atoms with Crippen LogP contribution in [0, 0.1) is 11.8 Å². The summed E-state index contributed by atoms with van der Waals surface area (Å²) in [6, 6.07) is 7.91. The summed E-state index contributed by atoms with van der Waals surface area (Å²) in [5.74, 6) is 2.68. The van der Waals surface area contributed by atoms with E-state index in [1.54, 1.807) is 12.1 Å². The van der Waals surface area contributed by atoms with Crippen LogP contribution in [0.25, 0.3) is 10.8 Å². The lowest BCUT2D eigenvalue weighted by Crippen LogP contribution is -2.25. The van der Waals surface area contributed by atoms with Crippen LogP contribution in [0.2, 0.25) is 0 Å². The normalized spacial score (nSPS) is 26.0. The van der Waals surface area contributed by atoms with Gasteiger partial charge in [-0.2, -0.15) is 0 Å². The molecule has 106 valence electrons. The van der Waals surface area contributed by atoms with Crippen molar-refractivity contribution in [2.45, 2.75) is 39.2 Å². The minimum absolute atomic E-state index is 0.291. The lowest BCUT2D eigenvalue weighted by molar-refractivity contribution is 0.391. The predicted octanol–water partition coefficient (Wildman–Crippen LogP) is 4.18. The molecule has 3 unspecified atom stereocenters. The topological polar surface area (TPSA) is 45.2 Å². The van der Waals surface area contributed by atoms with Crippen molar-refractivity contribution >= 4 is 16.6 Å². The van der Waals surface area contributed by atoms with E-state index in [-0.39, 0.29) is 0 Å². The molecule has 1 aromatic carbocycles. The third-order valence-electron chi connectivity index (χ3n) is 4.82. The average Bonchev–Trinajstić information content (AvgIpc) is 2.80. The van der Waals surface area contributed by atoms with Gasteiger partial charge in [-0.05, 0) is 48.3 Å². The second-order valence-electron chi connectivity index (χ2n) is 5.92. The van der Waals surface area contributed by atoms with Crippen LogP contribution in [0.15, 0.2) is 30.5 Å². The van der Waals surface area contributed by atoms with E-state index in [0.717, 1.165) is 22.5 Å². The van der Waals surface area contributed by atoms with Crippen LogP contribution in [0.1, 0.15) is 33.1 Å². The zero-order valence-electron chi connectivity index (χ0n) is 12.1. The number of phenols is 1. The van der Waals surface area contributed by atoms with Crippen LogP contribution in [0.3, 0.4) is 0 Å². The molecule has 0 amide bonds. The summed E-state index contributed by atoms with van der Waals surface area (Å²) in [6.07, 6.45) is 5.59. The van der Waals surface area contributed by atoms with Gasteiger partial charge in [-0.3, -0.25) is 0 Å². The molecule has 0 radical (unpaired) electrons. The van der Waals surface area contributed by atoms with Gasteiger partial charge in [0.25, 0.3) is 0 Å². The molecule has 1 heterocycles. The van der Waals surface area contributed by atoms with Gasteiger partial charge in [-0.25, -0.2) is 4.98 Å². The Labute approximate surface area is 120 Å². The number of hydrogen-bond donors (Lipinski definition) is 2. The number of phenolic OH excluding ortho intramolecular Hbond substituents is 1. The summed E-state index contributed by atoms with van der Waals surface area (Å²) in [6.45, 7) is 4.61. The number of aromatic nitrogens is 1. The fraction of sp³-hybridized carbons (Fsp3) is 0.471. The summed E-state index contributed by atoms with van der Waals surface area (Å²) >= 11 is 0. The Morgan fingerprint density at radius 3 is 2.90 bits per heavy atom. The zero-order chi connectivity index (χ0) is 14.1. The highest BCUT2D eigenvalue weighted by Crippen LogP contribution is 2.36. The summed E-state index contributed by atoms with van der Waals surface area (Å²) in [7, 11) is 0. The van der Waals surface area contributed by atoms with Gasteiger partial charge in [-0.1, -0.05) is 26.3 Å². The second-order valence-corrected chi connectivity index (χ2v) is 5.92. The molecule has 3 nitrogen and oxygen atoms in total. The molecule has 0 aliphatic heterocycles. The van der Waals surface area contributed by atoms with E-state index in [4.69, 9.17) is 0 Å². The smallest absolute Gasteiger partial charge is 0.134 e. The molecular weight excluding hydrogens is 248 g/mol. The molecule has 3 rings (SSSR count). The van der Waals surface area contributed by atoms with Crippen molar-refractivity contribution in [3.8, 4) is 5.75 Å². The molecule has 2 N–H and O–H groups in total. The number of pyridine rings is 1. The number of hydrogen-bond acceptors (Lipinski definition) is 3. The first-order chi connectivity index (χ1) is 9.69. The Morgan fingerprint density at radius 1 is 1.30 bits per heavy atom. The molecule has 0 bridgehead atoms. The van der Waals surface area contributed by atoms with Crippen LogP contribution >= 0.6 is 0 Å². The first kappa shape index (κ1) is 13.2. The van der Waals surface area contributed by atoms with Crippen molar-refractivity contribution in [3.63, 3.8) is 0 Å². The van der Waals surface area contributed by atoms with Crippen LogP contribution in [-0.2, 0) is 0 Å². The monoisotopic (exact) mass is 270 g/mol. The Hall–Kier alpha value is -1.77. The Balaban J connectivity index is 1.90. The van der Waals surface area contributed by atoms with Crippen molar-refractivity contribution in [1.29, 1.82) is 0 Å². The zero-order valence-corrected chi connectivity index (χ0v) is 12.1. The van der Waals surface area contributed by atoms with Gasteiger partial charge < -0.3 is 10.4 Å². The molecule has 2 aromatic rings. The van der Waals surface area contributed by atoms with Crippen molar-refractivity contribution in [2.75, 3.05) is 5.32 Å². The summed E-state index contributed by atoms with van der Waals surface area (Å²) in [5, 5.41) is 15.4. The quantitative estimate of drug-likeness (QED) is 0.879. The maximum atomic E-state index is 9.69. The van der Waals surface area contributed by atoms with Crippen molar-refractivity contribution in [1.82, 2.24) is 4.98 Å². The van der Waals surface area contributed by atoms with Crippen LogP contribution in [0.5, 0.6) is 5.75 Å². The number of nitrogens with zero attached hydrogens (tertiary/aromatic N) is 1. The third-order valence-corrected chi connectivity index (χ3v) is 4.82. The summed E-state index contributed by atoms with van der Waals surface area (Å²) < 4.78 is 0. The highest BCUT2D eigenvalue weighted by atomic mass is 16.3. The molecule has 3 atom stereocenters. The van der Waals surface area contributed by atoms with Crippen molar-refractivity contribution in [2.24, 2.45) is 11.8 Å². The molecule has 20 heavy (non-hydrogen) atoms. The van der Waals surface area contributed by atoms with Crippen LogP contribution in [-0.4, -0.2) is 16.1 Å². The maximum Gasteiger partial charge on any atom is 0.134 e. The molecule has 1 aliphatic rings. The van der Waals surface area contributed by atoms with Gasteiger partial charge in [0, 0.05) is 17.6 Å². The molecule has 3 heteroatoms. The highest BCUT2D eigenvalue weighted by Gasteiger charge is 2.31. The van der Waals surface area contributed by atoms with Gasteiger partial charge in [0.2, 0.25) is 0 Å². The molecule has 1 aliphatic carbocycles. The molecule has 1 fully saturated rings. The Bertz CT molecular complexity index is 611. The number of fused-ring (bicyclic) bond motifs is 1. The number of anilines is 1. The van der Waals surface area contributed by atoms with Crippen LogP contribution < -0.4 is 5.32 Å². The van der Waals surface area contributed by atoms with E-state index < -0.39 is 0 Å². The van der Waals surface area contributed by atoms with Crippen molar-refractivity contribution < 1.29 is 5.11 Å². The SMILES string of the molecule is CCC1CCC(Nc2nccc3ccc(O)cc23)C1C. The standard InChI is InChI=1S/C17H22N2O/c1-3-12-5-7-16(11(12)2)19-17-15-10-14(20)6-4-13(15)8-9-18-17/h4,6,8-12,16,20H,3,5,7H2,1-2H3,(H,18,19). The number of aromatic hydroxyl groups is 1. The van der Waals surface area contributed by atoms with Gasteiger partial charge in [0.1, 0.15) is 11.6 Å². The number of nitrogens with one attached hydrogen (secondary N) is 1. The second kappa shape index (κ2) is 5.31. The number of benzene rings is 1. The van der Waals surface area contributed by atoms with Gasteiger partial charge in [-0.15, -0.1) is 0 Å². The van der Waals surface area contributed by atoms with E-state index in [1.165, 1.54) is 19.3 Å². The van der Waals surface area contributed by atoms with E-state index in [1.807, 2.05) is 18.3 Å². The van der Waals surface area contributed by atoms with E-state index in [9.17, 15) is 5.11 Å². The Kier molecular flexibility index (Phi) is 3.51. The maximum absolute atomic E-state index is 9.69. The van der Waals surface area contributed by atoms with E-state index in [0.29, 0.717) is 17.7 Å².